The molecule has 0 aliphatic rings. The lowest BCUT2D eigenvalue weighted by molar-refractivity contribution is 0.102. The van der Waals surface area contributed by atoms with E-state index in [0.717, 1.165) is 11.1 Å². The first kappa shape index (κ1) is 22.2. The van der Waals surface area contributed by atoms with Crippen molar-refractivity contribution >= 4 is 27.3 Å². The summed E-state index contributed by atoms with van der Waals surface area (Å²) in [5, 5.41) is 12.5. The highest BCUT2D eigenvalue weighted by Gasteiger charge is 2.14. The van der Waals surface area contributed by atoms with Gasteiger partial charge in [0.1, 0.15) is 11.6 Å². The number of benzene rings is 3. The number of rotatable bonds is 8. The summed E-state index contributed by atoms with van der Waals surface area (Å²) in [6, 6.07) is 16.6. The number of hydrogen-bond donors (Lipinski definition) is 3. The van der Waals surface area contributed by atoms with Crippen molar-refractivity contribution in [1.29, 1.82) is 0 Å². The van der Waals surface area contributed by atoms with E-state index in [1.807, 2.05) is 0 Å². The largest absolute Gasteiger partial charge is 0.506 e. The molecule has 0 aromatic heterocycles. The number of sulfonamides is 1. The highest BCUT2D eigenvalue weighted by atomic mass is 32.2. The van der Waals surface area contributed by atoms with Crippen molar-refractivity contribution in [2.75, 3.05) is 22.5 Å². The first-order valence-corrected chi connectivity index (χ1v) is 11.0. The Morgan fingerprint density at radius 2 is 1.55 bits per heavy atom. The lowest BCUT2D eigenvalue weighted by Crippen LogP contribution is -2.17. The lowest BCUT2D eigenvalue weighted by Gasteiger charge is -2.12. The molecule has 0 spiro atoms. The molecule has 0 aliphatic heterocycles. The van der Waals surface area contributed by atoms with Crippen LogP contribution in [0.2, 0.25) is 0 Å². The Morgan fingerprint density at radius 1 is 0.935 bits per heavy atom. The van der Waals surface area contributed by atoms with Crippen LogP contribution in [-0.2, 0) is 10.0 Å². The van der Waals surface area contributed by atoms with Gasteiger partial charge in [0.15, 0.2) is 0 Å². The molecular formula is C22H20F2N2O4S. The molecule has 0 heterocycles. The Balaban J connectivity index is 1.72. The Morgan fingerprint density at radius 3 is 2.16 bits per heavy atom. The van der Waals surface area contributed by atoms with Gasteiger partial charge in [0.05, 0.1) is 18.1 Å². The quantitative estimate of drug-likeness (QED) is 0.349. The maximum Gasteiger partial charge on any atom is 0.255 e. The highest BCUT2D eigenvalue weighted by Crippen LogP contribution is 2.28. The number of phenols is 1. The van der Waals surface area contributed by atoms with Gasteiger partial charge in [-0.2, -0.15) is 0 Å². The van der Waals surface area contributed by atoms with Crippen LogP contribution in [0.1, 0.15) is 16.8 Å². The number of amides is 1. The Kier molecular flexibility index (Phi) is 6.86. The molecule has 162 valence electrons. The Labute approximate surface area is 178 Å². The number of alkyl halides is 1. The van der Waals surface area contributed by atoms with E-state index in [9.17, 15) is 27.1 Å². The molecule has 3 rings (SSSR count). The number of aromatic hydroxyl groups is 1. The molecule has 0 atom stereocenters. The van der Waals surface area contributed by atoms with Crippen LogP contribution in [0, 0.1) is 5.82 Å². The van der Waals surface area contributed by atoms with E-state index in [1.54, 1.807) is 36.4 Å². The zero-order valence-electron chi connectivity index (χ0n) is 16.3. The molecule has 0 fully saturated rings. The molecule has 0 saturated carbocycles. The summed E-state index contributed by atoms with van der Waals surface area (Å²) in [6.07, 6.45) is -0.166. The van der Waals surface area contributed by atoms with E-state index in [0.29, 0.717) is 5.56 Å². The summed E-state index contributed by atoms with van der Waals surface area (Å²) < 4.78 is 51.4. The van der Waals surface area contributed by atoms with E-state index in [1.165, 1.54) is 30.3 Å². The highest BCUT2D eigenvalue weighted by molar-refractivity contribution is 7.92. The first-order chi connectivity index (χ1) is 14.8. The molecule has 0 unspecified atom stereocenters. The van der Waals surface area contributed by atoms with Crippen molar-refractivity contribution in [3.63, 3.8) is 0 Å². The fourth-order valence-electron chi connectivity index (χ4n) is 2.82. The third kappa shape index (κ3) is 6.02. The second kappa shape index (κ2) is 9.57. The summed E-state index contributed by atoms with van der Waals surface area (Å²) in [4.78, 5) is 12.5. The molecule has 6 nitrogen and oxygen atoms in total. The number of phenolic OH excluding ortho intramolecular Hbond substituents is 1. The number of nitrogens with one attached hydrogen (secondary N) is 2. The van der Waals surface area contributed by atoms with Crippen LogP contribution in [0.5, 0.6) is 5.75 Å². The van der Waals surface area contributed by atoms with Gasteiger partial charge >= 0.3 is 0 Å². The van der Waals surface area contributed by atoms with Crippen molar-refractivity contribution in [1.82, 2.24) is 0 Å². The van der Waals surface area contributed by atoms with Crippen molar-refractivity contribution < 1.29 is 27.1 Å². The summed E-state index contributed by atoms with van der Waals surface area (Å²) in [5.41, 5.74) is 2.10. The summed E-state index contributed by atoms with van der Waals surface area (Å²) in [6.45, 7) is -0.775. The van der Waals surface area contributed by atoms with Crippen LogP contribution >= 0.6 is 0 Å². The molecule has 0 radical (unpaired) electrons. The van der Waals surface area contributed by atoms with Crippen LogP contribution in [0.4, 0.5) is 20.2 Å². The molecule has 0 aliphatic carbocycles. The van der Waals surface area contributed by atoms with Crippen LogP contribution < -0.4 is 10.0 Å². The molecular weight excluding hydrogens is 426 g/mol. The maximum atomic E-state index is 13.1. The zero-order valence-corrected chi connectivity index (χ0v) is 17.1. The predicted octanol–water partition coefficient (Wildman–Crippen LogP) is 4.55. The fraction of sp³-hybridized carbons (Fsp3) is 0.136. The third-order valence-electron chi connectivity index (χ3n) is 4.39. The average molecular weight is 446 g/mol. The average Bonchev–Trinajstić information content (AvgIpc) is 2.75. The molecule has 31 heavy (non-hydrogen) atoms. The minimum absolute atomic E-state index is 0.122. The van der Waals surface area contributed by atoms with Crippen molar-refractivity contribution in [2.45, 2.75) is 6.42 Å². The van der Waals surface area contributed by atoms with Gasteiger partial charge in [0.2, 0.25) is 10.0 Å². The van der Waals surface area contributed by atoms with E-state index in [2.05, 4.69) is 10.0 Å². The number of anilines is 2. The summed E-state index contributed by atoms with van der Waals surface area (Å²) in [5.74, 6) is -1.54. The van der Waals surface area contributed by atoms with E-state index in [4.69, 9.17) is 0 Å². The van der Waals surface area contributed by atoms with Gasteiger partial charge in [-0.25, -0.2) is 12.8 Å². The van der Waals surface area contributed by atoms with Gasteiger partial charge in [-0.1, -0.05) is 24.3 Å². The topological polar surface area (TPSA) is 95.5 Å². The SMILES string of the molecule is O=C(Nc1ccc(O)c(NS(=O)(=O)CCCF)c1)c1ccc(-c2ccc(F)cc2)cc1. The minimum Gasteiger partial charge on any atom is -0.506 e. The molecule has 3 aromatic rings. The molecule has 1 amide bonds. The van der Waals surface area contributed by atoms with Gasteiger partial charge in [-0.15, -0.1) is 0 Å². The molecule has 3 N–H and O–H groups in total. The maximum absolute atomic E-state index is 13.1. The fourth-order valence-corrected chi connectivity index (χ4v) is 3.91. The smallest absolute Gasteiger partial charge is 0.255 e. The Bertz CT molecular complexity index is 1170. The van der Waals surface area contributed by atoms with E-state index >= 15 is 0 Å². The van der Waals surface area contributed by atoms with Crippen molar-refractivity contribution in [3.05, 3.63) is 78.1 Å². The van der Waals surface area contributed by atoms with Gasteiger partial charge < -0.3 is 10.4 Å². The van der Waals surface area contributed by atoms with Crippen LogP contribution in [0.25, 0.3) is 11.1 Å². The van der Waals surface area contributed by atoms with E-state index < -0.39 is 28.4 Å². The second-order valence-electron chi connectivity index (χ2n) is 6.73. The second-order valence-corrected chi connectivity index (χ2v) is 8.58. The van der Waals surface area contributed by atoms with Crippen LogP contribution in [0.3, 0.4) is 0 Å². The van der Waals surface area contributed by atoms with Crippen molar-refractivity contribution in [2.24, 2.45) is 0 Å². The summed E-state index contributed by atoms with van der Waals surface area (Å²) >= 11 is 0. The third-order valence-corrected chi connectivity index (χ3v) is 5.75. The number of hydrogen-bond acceptors (Lipinski definition) is 4. The summed E-state index contributed by atoms with van der Waals surface area (Å²) in [7, 11) is -3.84. The molecule has 3 aromatic carbocycles. The molecule has 0 bridgehead atoms. The van der Waals surface area contributed by atoms with Gasteiger partial charge in [-0.05, 0) is 60.0 Å². The minimum atomic E-state index is -3.84. The lowest BCUT2D eigenvalue weighted by atomic mass is 10.0. The number of carbonyl (C=O) groups excluding carboxylic acids is 1. The zero-order chi connectivity index (χ0) is 22.4. The van der Waals surface area contributed by atoms with Crippen molar-refractivity contribution in [3.8, 4) is 16.9 Å². The normalized spacial score (nSPS) is 11.2. The van der Waals surface area contributed by atoms with Crippen LogP contribution in [0.15, 0.2) is 66.7 Å². The van der Waals surface area contributed by atoms with Gasteiger partial charge in [-0.3, -0.25) is 13.9 Å². The van der Waals surface area contributed by atoms with E-state index in [-0.39, 0.29) is 29.4 Å². The monoisotopic (exact) mass is 446 g/mol. The Hall–Kier alpha value is -3.46. The van der Waals surface area contributed by atoms with Gasteiger partial charge in [0, 0.05) is 11.3 Å². The first-order valence-electron chi connectivity index (χ1n) is 9.34. The predicted molar refractivity (Wildman–Crippen MR) is 116 cm³/mol. The molecule has 0 saturated heterocycles. The van der Waals surface area contributed by atoms with Gasteiger partial charge in [0.25, 0.3) is 5.91 Å². The molecule has 9 heteroatoms. The standard InChI is InChI=1S/C22H20F2N2O4S/c23-12-1-13-31(29,30)26-20-14-19(10-11-21(20)27)25-22(28)17-4-2-15(3-5-17)16-6-8-18(24)9-7-16/h2-11,14,26-27H,1,12-13H2,(H,25,28). The number of carbonyl (C=O) groups is 1. The van der Waals surface area contributed by atoms with Crippen LogP contribution in [-0.4, -0.2) is 31.9 Å². The number of halogens is 2.